The van der Waals surface area contributed by atoms with Crippen molar-refractivity contribution in [2.24, 2.45) is 5.92 Å². The van der Waals surface area contributed by atoms with Crippen LogP contribution in [0.5, 0.6) is 0 Å². The van der Waals surface area contributed by atoms with Crippen LogP contribution in [0.25, 0.3) is 11.0 Å². The number of nitrogens with one attached hydrogen (secondary N) is 1. The molecule has 0 aliphatic heterocycles. The minimum Gasteiger partial charge on any atom is -0.323 e. The number of aryl methyl sites for hydroxylation is 1. The van der Waals surface area contributed by atoms with Gasteiger partial charge in [0.1, 0.15) is 4.64 Å². The maximum absolute atomic E-state index is 5.60. The minimum absolute atomic E-state index is 0.565. The highest BCUT2D eigenvalue weighted by molar-refractivity contribution is 7.71. The van der Waals surface area contributed by atoms with E-state index in [0.717, 1.165) is 35.1 Å². The van der Waals surface area contributed by atoms with Crippen LogP contribution in [0.1, 0.15) is 32.8 Å². The van der Waals surface area contributed by atoms with Gasteiger partial charge in [-0.15, -0.1) is 0 Å². The Bertz CT molecular complexity index is 616. The molecule has 0 aliphatic carbocycles. The number of nitrogens with zero attached hydrogens (tertiary/aromatic N) is 2. The van der Waals surface area contributed by atoms with Crippen molar-refractivity contribution >= 4 is 23.3 Å². The Morgan fingerprint density at radius 1 is 1.42 bits per heavy atom. The van der Waals surface area contributed by atoms with Crippen molar-refractivity contribution in [2.45, 2.75) is 33.6 Å². The molecule has 0 aromatic carbocycles. The molecular weight excluding hydrogens is 254 g/mol. The Balaban J connectivity index is 2.56. The summed E-state index contributed by atoms with van der Waals surface area (Å²) in [6.07, 6.45) is 3.91. The van der Waals surface area contributed by atoms with Gasteiger partial charge in [0.15, 0.2) is 5.65 Å². The average molecular weight is 275 g/mol. The van der Waals surface area contributed by atoms with Crippen LogP contribution in [0.4, 0.5) is 0 Å². The molecule has 2 heterocycles. The number of pyridine rings is 2. The molecule has 102 valence electrons. The third-order valence-electron chi connectivity index (χ3n) is 3.01. The summed E-state index contributed by atoms with van der Waals surface area (Å²) in [4.78, 5) is 4.45. The molecule has 0 aliphatic rings. The van der Waals surface area contributed by atoms with Gasteiger partial charge in [-0.1, -0.05) is 39.4 Å². The Morgan fingerprint density at radius 2 is 2.21 bits per heavy atom. The molecule has 1 N–H and O–H groups in total. The van der Waals surface area contributed by atoms with Crippen molar-refractivity contribution < 1.29 is 0 Å². The lowest BCUT2D eigenvalue weighted by molar-refractivity contribution is 0.641. The Kier molecular flexibility index (Phi) is 4.53. The molecule has 0 saturated heterocycles. The Morgan fingerprint density at radius 3 is 2.89 bits per heavy atom. The molecule has 2 aromatic rings. The van der Waals surface area contributed by atoms with Crippen LogP contribution in [-0.4, -0.2) is 16.2 Å². The number of fused-ring (bicyclic) bond motifs is 1. The summed E-state index contributed by atoms with van der Waals surface area (Å²) in [5, 5.41) is 1.14. The molecule has 2 rings (SSSR count). The SMILES string of the molecule is CCCc1cc2cccnc2n(NCC(C)C)c1=S. The fourth-order valence-electron chi connectivity index (χ4n) is 2.07. The Hall–Kier alpha value is -1.42. The lowest BCUT2D eigenvalue weighted by Gasteiger charge is -2.16. The van der Waals surface area contributed by atoms with Crippen molar-refractivity contribution in [3.05, 3.63) is 34.6 Å². The van der Waals surface area contributed by atoms with Gasteiger partial charge in [0.2, 0.25) is 0 Å². The minimum atomic E-state index is 0.565. The second kappa shape index (κ2) is 6.15. The summed E-state index contributed by atoms with van der Waals surface area (Å²) < 4.78 is 2.82. The fourth-order valence-corrected chi connectivity index (χ4v) is 2.38. The zero-order valence-corrected chi connectivity index (χ0v) is 12.6. The zero-order valence-electron chi connectivity index (χ0n) is 11.8. The van der Waals surface area contributed by atoms with Crippen LogP contribution < -0.4 is 5.43 Å². The van der Waals surface area contributed by atoms with Crippen molar-refractivity contribution in [3.63, 3.8) is 0 Å². The van der Waals surface area contributed by atoms with Crippen LogP contribution >= 0.6 is 12.2 Å². The monoisotopic (exact) mass is 275 g/mol. The highest BCUT2D eigenvalue weighted by atomic mass is 32.1. The molecule has 0 amide bonds. The summed E-state index contributed by atoms with van der Waals surface area (Å²) in [5.41, 5.74) is 5.53. The quantitative estimate of drug-likeness (QED) is 0.839. The van der Waals surface area contributed by atoms with E-state index in [9.17, 15) is 0 Å². The van der Waals surface area contributed by atoms with Gasteiger partial charge < -0.3 is 5.43 Å². The second-order valence-corrected chi connectivity index (χ2v) is 5.62. The zero-order chi connectivity index (χ0) is 13.8. The van der Waals surface area contributed by atoms with Crippen LogP contribution in [0.15, 0.2) is 24.4 Å². The van der Waals surface area contributed by atoms with E-state index < -0.39 is 0 Å². The molecular formula is C15H21N3S. The molecule has 3 nitrogen and oxygen atoms in total. The highest BCUT2D eigenvalue weighted by Crippen LogP contribution is 2.16. The highest BCUT2D eigenvalue weighted by Gasteiger charge is 2.07. The van der Waals surface area contributed by atoms with E-state index in [4.69, 9.17) is 12.2 Å². The average Bonchev–Trinajstić information content (AvgIpc) is 2.39. The standard InChI is InChI=1S/C15H21N3S/c1-4-6-13-9-12-7-5-8-16-14(12)18(15(13)19)17-10-11(2)3/h5,7-9,11,17H,4,6,10H2,1-3H3. The predicted octanol–water partition coefficient (Wildman–Crippen LogP) is 3.92. The summed E-state index contributed by atoms with van der Waals surface area (Å²) in [5.74, 6) is 0.565. The summed E-state index contributed by atoms with van der Waals surface area (Å²) in [6, 6.07) is 6.22. The normalized spacial score (nSPS) is 11.2. The van der Waals surface area contributed by atoms with E-state index in [0.29, 0.717) is 5.92 Å². The summed E-state index contributed by atoms with van der Waals surface area (Å²) in [6.45, 7) is 7.42. The molecule has 0 saturated carbocycles. The topological polar surface area (TPSA) is 29.9 Å². The van der Waals surface area contributed by atoms with E-state index in [1.165, 1.54) is 5.56 Å². The van der Waals surface area contributed by atoms with Gasteiger partial charge in [-0.05, 0) is 36.1 Å². The lowest BCUT2D eigenvalue weighted by Crippen LogP contribution is -2.22. The van der Waals surface area contributed by atoms with Crippen LogP contribution in [-0.2, 0) is 6.42 Å². The molecule has 2 aromatic heterocycles. The van der Waals surface area contributed by atoms with E-state index in [2.05, 4.69) is 43.3 Å². The molecule has 19 heavy (non-hydrogen) atoms. The first-order valence-corrected chi connectivity index (χ1v) is 7.27. The van der Waals surface area contributed by atoms with Gasteiger partial charge in [-0.3, -0.25) is 0 Å². The smallest absolute Gasteiger partial charge is 0.159 e. The number of hydrogen-bond donors (Lipinski definition) is 1. The molecule has 0 unspecified atom stereocenters. The Labute approximate surface area is 119 Å². The van der Waals surface area contributed by atoms with Crippen LogP contribution in [0, 0.1) is 10.6 Å². The summed E-state index contributed by atoms with van der Waals surface area (Å²) >= 11 is 5.60. The number of aromatic nitrogens is 2. The third-order valence-corrected chi connectivity index (χ3v) is 3.46. The van der Waals surface area contributed by atoms with Crippen molar-refractivity contribution in [3.8, 4) is 0 Å². The largest absolute Gasteiger partial charge is 0.323 e. The van der Waals surface area contributed by atoms with E-state index in [1.54, 1.807) is 0 Å². The number of hydrogen-bond acceptors (Lipinski definition) is 3. The van der Waals surface area contributed by atoms with Crippen LogP contribution in [0.2, 0.25) is 0 Å². The van der Waals surface area contributed by atoms with Gasteiger partial charge in [0.05, 0.1) is 0 Å². The summed E-state index contributed by atoms with van der Waals surface area (Å²) in [7, 11) is 0. The van der Waals surface area contributed by atoms with Crippen molar-refractivity contribution in [2.75, 3.05) is 12.0 Å². The maximum Gasteiger partial charge on any atom is 0.159 e. The third kappa shape index (κ3) is 3.13. The van der Waals surface area contributed by atoms with Gasteiger partial charge in [0, 0.05) is 18.1 Å². The first-order chi connectivity index (χ1) is 9.13. The van der Waals surface area contributed by atoms with Gasteiger partial charge in [0.25, 0.3) is 0 Å². The van der Waals surface area contributed by atoms with E-state index in [1.807, 2.05) is 16.9 Å². The molecule has 0 bridgehead atoms. The first-order valence-electron chi connectivity index (χ1n) is 6.87. The van der Waals surface area contributed by atoms with Gasteiger partial charge >= 0.3 is 0 Å². The molecule has 0 radical (unpaired) electrons. The molecule has 0 atom stereocenters. The predicted molar refractivity (Wildman–Crippen MR) is 83.6 cm³/mol. The maximum atomic E-state index is 5.60. The van der Waals surface area contributed by atoms with Crippen molar-refractivity contribution in [1.82, 2.24) is 9.66 Å². The molecule has 0 spiro atoms. The van der Waals surface area contributed by atoms with Gasteiger partial charge in [-0.25, -0.2) is 9.66 Å². The van der Waals surface area contributed by atoms with Gasteiger partial charge in [-0.2, -0.15) is 0 Å². The van der Waals surface area contributed by atoms with E-state index >= 15 is 0 Å². The number of rotatable bonds is 5. The first kappa shape index (κ1) is 14.0. The fraction of sp³-hybridized carbons (Fsp3) is 0.467. The molecule has 0 fully saturated rings. The molecule has 4 heteroatoms. The lowest BCUT2D eigenvalue weighted by atomic mass is 10.1. The van der Waals surface area contributed by atoms with Crippen LogP contribution in [0.3, 0.4) is 0 Å². The van der Waals surface area contributed by atoms with Crippen molar-refractivity contribution in [1.29, 1.82) is 0 Å². The second-order valence-electron chi connectivity index (χ2n) is 5.23. The van der Waals surface area contributed by atoms with E-state index in [-0.39, 0.29) is 0 Å².